The molecule has 2 nitrogen and oxygen atoms in total. The lowest BCUT2D eigenvalue weighted by atomic mass is 10.4. The summed E-state index contributed by atoms with van der Waals surface area (Å²) in [5.41, 5.74) is 0. The molecule has 0 aromatic rings. The highest BCUT2D eigenvalue weighted by molar-refractivity contribution is 7.78. The normalized spacial score (nSPS) is 11.0. The number of rotatable bonds is 3. The van der Waals surface area contributed by atoms with Crippen molar-refractivity contribution in [2.75, 3.05) is 0 Å². The molecular weight excluding hydrogens is 160 g/mol. The van der Waals surface area contributed by atoms with Gasteiger partial charge in [0.15, 0.2) is 0 Å². The minimum atomic E-state index is -1.14. The fraction of sp³-hybridized carbons (Fsp3) is 0.200. The zero-order valence-electron chi connectivity index (χ0n) is 4.43. The Morgan fingerprint density at radius 2 is 2.44 bits per heavy atom. The Balaban J connectivity index is 3.83. The van der Waals surface area contributed by atoms with Gasteiger partial charge in [0.1, 0.15) is 5.03 Å². The average Bonchev–Trinajstić information content (AvgIpc) is 1.82. The monoisotopic (exact) mass is 163 g/mol. The van der Waals surface area contributed by atoms with Gasteiger partial charge >= 0.3 is 5.97 Å². The van der Waals surface area contributed by atoms with E-state index in [-0.39, 0.29) is 5.03 Å². The molecule has 0 aromatic carbocycles. The van der Waals surface area contributed by atoms with Crippen molar-refractivity contribution in [2.24, 2.45) is 0 Å². The second kappa shape index (κ2) is 4.47. The highest BCUT2D eigenvalue weighted by Gasteiger charge is 1.99. The van der Waals surface area contributed by atoms with Gasteiger partial charge < -0.3 is 5.11 Å². The van der Waals surface area contributed by atoms with Crippen molar-refractivity contribution in [1.29, 1.82) is 0 Å². The first-order chi connectivity index (χ1) is 4.18. The number of allylic oxidation sites excluding steroid dienone is 1. The molecule has 0 aliphatic carbocycles. The number of hydrogen-bond donors (Lipinski definition) is 1. The van der Waals surface area contributed by atoms with Crippen LogP contribution in [0.5, 0.6) is 0 Å². The van der Waals surface area contributed by atoms with Gasteiger partial charge in [0.2, 0.25) is 0 Å². The van der Waals surface area contributed by atoms with Crippen LogP contribution in [0.3, 0.4) is 0 Å². The maximum atomic E-state index is 9.94. The lowest BCUT2D eigenvalue weighted by molar-refractivity contribution is -0.131. The molecular formula is C5H4ClO2S. The Hall–Kier alpha value is -0.410. The summed E-state index contributed by atoms with van der Waals surface area (Å²) in [6.07, 6.45) is 1.58. The third-order valence-corrected chi connectivity index (χ3v) is 1.05. The lowest BCUT2D eigenvalue weighted by Crippen LogP contribution is -1.92. The summed E-state index contributed by atoms with van der Waals surface area (Å²) in [6.45, 7) is 0. The number of hydrogen-bond acceptors (Lipinski definition) is 2. The molecule has 0 atom stereocenters. The van der Waals surface area contributed by atoms with Gasteiger partial charge in [-0.1, -0.05) is 29.9 Å². The van der Waals surface area contributed by atoms with Crippen LogP contribution in [0, 0.1) is 0 Å². The third-order valence-electron chi connectivity index (χ3n) is 0.569. The van der Waals surface area contributed by atoms with E-state index < -0.39 is 5.97 Å². The molecule has 0 heterocycles. The molecule has 1 radical (unpaired) electrons. The van der Waals surface area contributed by atoms with Crippen LogP contribution in [-0.4, -0.2) is 16.4 Å². The summed E-state index contributed by atoms with van der Waals surface area (Å²) in [6, 6.07) is 0. The van der Waals surface area contributed by atoms with Gasteiger partial charge in [-0.2, -0.15) is 0 Å². The molecule has 9 heavy (non-hydrogen) atoms. The predicted molar refractivity (Wildman–Crippen MR) is 38.8 cm³/mol. The molecule has 0 bridgehead atoms. The van der Waals surface area contributed by atoms with E-state index in [0.29, 0.717) is 6.42 Å². The van der Waals surface area contributed by atoms with Crippen molar-refractivity contribution in [2.45, 2.75) is 6.42 Å². The zero-order chi connectivity index (χ0) is 7.28. The van der Waals surface area contributed by atoms with Gasteiger partial charge in [-0.3, -0.25) is 0 Å². The zero-order valence-corrected chi connectivity index (χ0v) is 6.00. The van der Waals surface area contributed by atoms with Crippen molar-refractivity contribution in [3.63, 3.8) is 0 Å². The number of aliphatic carboxylic acids is 1. The smallest absolute Gasteiger partial charge is 0.346 e. The molecule has 0 aliphatic rings. The number of carboxylic acids is 1. The lowest BCUT2D eigenvalue weighted by Gasteiger charge is -1.84. The molecule has 0 rings (SSSR count). The van der Waals surface area contributed by atoms with Crippen LogP contribution >= 0.6 is 23.8 Å². The maximum absolute atomic E-state index is 9.94. The van der Waals surface area contributed by atoms with Crippen LogP contribution in [0.25, 0.3) is 0 Å². The summed E-state index contributed by atoms with van der Waals surface area (Å²) in [5, 5.41) is 10.2. The second-order valence-corrected chi connectivity index (χ2v) is 1.90. The first kappa shape index (κ1) is 8.59. The van der Waals surface area contributed by atoms with Crippen LogP contribution in [-0.2, 0) is 4.79 Å². The van der Waals surface area contributed by atoms with Crippen LogP contribution in [0.15, 0.2) is 11.1 Å². The molecule has 1 N–H and O–H groups in total. The van der Waals surface area contributed by atoms with Gasteiger partial charge in [-0.25, -0.2) is 4.79 Å². The Kier molecular flexibility index (Phi) is 4.26. The SMILES string of the molecule is O=C(O)C(Cl)=CC[C]=S. The molecule has 0 fully saturated rings. The Labute approximate surface area is 63.1 Å². The number of carboxylic acid groups (broad SMARTS) is 1. The molecule has 0 unspecified atom stereocenters. The molecule has 0 saturated heterocycles. The molecule has 0 amide bonds. The quantitative estimate of drug-likeness (QED) is 0.506. The number of thiocarbonyl (C=S) groups is 1. The van der Waals surface area contributed by atoms with Crippen molar-refractivity contribution in [3.05, 3.63) is 11.1 Å². The molecule has 0 spiro atoms. The fourth-order valence-corrected chi connectivity index (χ4v) is 0.379. The first-order valence-corrected chi connectivity index (χ1v) is 2.91. The van der Waals surface area contributed by atoms with E-state index in [1.54, 1.807) is 0 Å². The van der Waals surface area contributed by atoms with E-state index in [9.17, 15) is 4.79 Å². The van der Waals surface area contributed by atoms with E-state index >= 15 is 0 Å². The average molecular weight is 164 g/mol. The first-order valence-electron chi connectivity index (χ1n) is 2.12. The van der Waals surface area contributed by atoms with Crippen molar-refractivity contribution in [1.82, 2.24) is 0 Å². The Morgan fingerprint density at radius 1 is 1.89 bits per heavy atom. The van der Waals surface area contributed by atoms with E-state index in [0.717, 1.165) is 0 Å². The van der Waals surface area contributed by atoms with Crippen LogP contribution in [0.1, 0.15) is 6.42 Å². The van der Waals surface area contributed by atoms with E-state index in [1.807, 2.05) is 0 Å². The van der Waals surface area contributed by atoms with Gasteiger partial charge in [-0.05, 0) is 0 Å². The summed E-state index contributed by atoms with van der Waals surface area (Å²) in [7, 11) is 0. The van der Waals surface area contributed by atoms with E-state index in [4.69, 9.17) is 16.7 Å². The highest BCUT2D eigenvalue weighted by atomic mass is 35.5. The Morgan fingerprint density at radius 3 is 2.78 bits per heavy atom. The third kappa shape index (κ3) is 4.12. The molecule has 4 heteroatoms. The summed E-state index contributed by atoms with van der Waals surface area (Å²) in [4.78, 5) is 9.94. The minimum absolute atomic E-state index is 0.215. The maximum Gasteiger partial charge on any atom is 0.346 e. The molecule has 0 aliphatic heterocycles. The number of halogens is 1. The van der Waals surface area contributed by atoms with Crippen LogP contribution in [0.4, 0.5) is 0 Å². The minimum Gasteiger partial charge on any atom is -0.477 e. The van der Waals surface area contributed by atoms with Gasteiger partial charge in [0.05, 0.1) is 0 Å². The summed E-state index contributed by atoms with van der Waals surface area (Å²) >= 11 is 9.48. The molecule has 0 aromatic heterocycles. The standard InChI is InChI=1S/C5H4ClO2S/c6-4(5(7)8)2-1-3-9/h2H,1H2,(H,7,8). The van der Waals surface area contributed by atoms with E-state index in [1.165, 1.54) is 6.08 Å². The van der Waals surface area contributed by atoms with Crippen molar-refractivity contribution >= 4 is 35.2 Å². The largest absolute Gasteiger partial charge is 0.477 e. The predicted octanol–water partition coefficient (Wildman–Crippen LogP) is 1.46. The van der Waals surface area contributed by atoms with Crippen LogP contribution in [0.2, 0.25) is 0 Å². The van der Waals surface area contributed by atoms with Crippen molar-refractivity contribution in [3.8, 4) is 0 Å². The number of carbonyl (C=O) groups is 1. The summed E-state index contributed by atoms with van der Waals surface area (Å²) in [5.74, 6) is -1.14. The fourth-order valence-electron chi connectivity index (χ4n) is 0.219. The van der Waals surface area contributed by atoms with E-state index in [2.05, 4.69) is 17.6 Å². The topological polar surface area (TPSA) is 37.3 Å². The van der Waals surface area contributed by atoms with Gasteiger partial charge in [0, 0.05) is 11.8 Å². The second-order valence-electron chi connectivity index (χ2n) is 1.21. The molecule has 49 valence electrons. The summed E-state index contributed by atoms with van der Waals surface area (Å²) < 4.78 is 0. The van der Waals surface area contributed by atoms with Crippen LogP contribution < -0.4 is 0 Å². The highest BCUT2D eigenvalue weighted by Crippen LogP contribution is 2.00. The van der Waals surface area contributed by atoms with Gasteiger partial charge in [-0.15, -0.1) is 0 Å². The Bertz CT molecular complexity index is 153. The van der Waals surface area contributed by atoms with Crippen molar-refractivity contribution < 1.29 is 9.90 Å². The molecule has 0 saturated carbocycles. The van der Waals surface area contributed by atoms with Gasteiger partial charge in [0.25, 0.3) is 0 Å².